The predicted molar refractivity (Wildman–Crippen MR) is 219 cm³/mol. The van der Waals surface area contributed by atoms with Crippen LogP contribution in [0.5, 0.6) is 0 Å². The highest BCUT2D eigenvalue weighted by Crippen LogP contribution is 2.46. The minimum atomic E-state index is 0.881. The van der Waals surface area contributed by atoms with Crippen LogP contribution >= 0.6 is 11.3 Å². The Morgan fingerprint density at radius 1 is 0.392 bits per heavy atom. The number of rotatable bonds is 4. The number of anilines is 3. The highest BCUT2D eigenvalue weighted by atomic mass is 32.1. The summed E-state index contributed by atoms with van der Waals surface area (Å²) in [5, 5.41) is 12.2. The molecule has 2 aromatic heterocycles. The molecule has 9 aromatic carbocycles. The summed E-state index contributed by atoms with van der Waals surface area (Å²) in [6.07, 6.45) is 0. The van der Waals surface area contributed by atoms with Crippen LogP contribution in [-0.4, -0.2) is 0 Å². The van der Waals surface area contributed by atoms with Crippen LogP contribution < -0.4 is 4.90 Å². The minimum Gasteiger partial charge on any atom is -0.454 e. The van der Waals surface area contributed by atoms with Gasteiger partial charge in [0.25, 0.3) is 0 Å². The quantitative estimate of drug-likeness (QED) is 0.174. The van der Waals surface area contributed by atoms with E-state index in [4.69, 9.17) is 4.42 Å². The second kappa shape index (κ2) is 11.0. The standard InChI is InChI=1S/C48H29NOS/c1-3-11-37-31(9-1)17-18-32-21-25-36(29-41(32)37)49(43-28-34-10-2-4-12-38(34)47-40-14-5-7-15-44(40)50-48(43)47)35-23-19-30(20-24-35)33-22-26-46-42(27-33)39-13-6-8-16-45(39)51-46/h1-29H. The van der Waals surface area contributed by atoms with E-state index in [1.807, 2.05) is 17.4 Å². The normalized spacial score (nSPS) is 11.9. The van der Waals surface area contributed by atoms with Gasteiger partial charge >= 0.3 is 0 Å². The van der Waals surface area contributed by atoms with Gasteiger partial charge in [0.15, 0.2) is 5.58 Å². The molecule has 11 rings (SSSR count). The summed E-state index contributed by atoms with van der Waals surface area (Å²) in [6, 6.07) is 63.8. The largest absolute Gasteiger partial charge is 0.454 e. The molecule has 51 heavy (non-hydrogen) atoms. The lowest BCUT2D eigenvalue weighted by Gasteiger charge is -2.27. The SMILES string of the molecule is c1ccc2c(c1)ccc1ccc(N(c3ccc(-c4ccc5sc6ccccc6c5c4)cc3)c3cc4ccccc4c4c3oc3ccccc34)cc12. The zero-order valence-corrected chi connectivity index (χ0v) is 28.3. The topological polar surface area (TPSA) is 16.4 Å². The summed E-state index contributed by atoms with van der Waals surface area (Å²) < 4.78 is 9.44. The Morgan fingerprint density at radius 3 is 1.88 bits per heavy atom. The molecule has 3 heteroatoms. The zero-order valence-electron chi connectivity index (χ0n) is 27.5. The van der Waals surface area contributed by atoms with Crippen LogP contribution in [0, 0.1) is 0 Å². The molecule has 0 aliphatic heterocycles. The first-order valence-corrected chi connectivity index (χ1v) is 18.1. The molecule has 0 aliphatic rings. The van der Waals surface area contributed by atoms with Crippen LogP contribution in [0.4, 0.5) is 17.1 Å². The van der Waals surface area contributed by atoms with E-state index in [1.54, 1.807) is 0 Å². The van der Waals surface area contributed by atoms with Crippen molar-refractivity contribution in [1.29, 1.82) is 0 Å². The van der Waals surface area contributed by atoms with Gasteiger partial charge in [-0.1, -0.05) is 121 Å². The third-order valence-corrected chi connectivity index (χ3v) is 11.6. The molecule has 0 saturated heterocycles. The Labute approximate surface area is 298 Å². The van der Waals surface area contributed by atoms with E-state index in [0.29, 0.717) is 0 Å². The van der Waals surface area contributed by atoms with Crippen molar-refractivity contribution in [2.45, 2.75) is 0 Å². The van der Waals surface area contributed by atoms with E-state index in [0.717, 1.165) is 39.0 Å². The van der Waals surface area contributed by atoms with Gasteiger partial charge in [-0.25, -0.2) is 0 Å². The molecule has 0 unspecified atom stereocenters. The van der Waals surface area contributed by atoms with E-state index in [2.05, 4.69) is 175 Å². The fourth-order valence-corrected chi connectivity index (χ4v) is 9.07. The van der Waals surface area contributed by atoms with E-state index < -0.39 is 0 Å². The Hall–Kier alpha value is -6.42. The van der Waals surface area contributed by atoms with Crippen LogP contribution in [-0.2, 0) is 0 Å². The average molecular weight is 668 g/mol. The maximum absolute atomic E-state index is 6.79. The molecule has 0 N–H and O–H groups in total. The molecule has 0 amide bonds. The maximum Gasteiger partial charge on any atom is 0.160 e. The van der Waals surface area contributed by atoms with Gasteiger partial charge in [-0.3, -0.25) is 0 Å². The van der Waals surface area contributed by atoms with Crippen LogP contribution in [0.15, 0.2) is 180 Å². The fraction of sp³-hybridized carbons (Fsp3) is 0. The Kier molecular flexibility index (Phi) is 6.16. The smallest absolute Gasteiger partial charge is 0.160 e. The lowest BCUT2D eigenvalue weighted by atomic mass is 9.99. The summed E-state index contributed by atoms with van der Waals surface area (Å²) in [7, 11) is 0. The van der Waals surface area contributed by atoms with Crippen LogP contribution in [0.2, 0.25) is 0 Å². The van der Waals surface area contributed by atoms with Gasteiger partial charge in [0, 0.05) is 42.3 Å². The van der Waals surface area contributed by atoms with Gasteiger partial charge in [-0.2, -0.15) is 0 Å². The monoisotopic (exact) mass is 667 g/mol. The van der Waals surface area contributed by atoms with E-state index in [-0.39, 0.29) is 0 Å². The van der Waals surface area contributed by atoms with Crippen LogP contribution in [0.3, 0.4) is 0 Å². The fourth-order valence-electron chi connectivity index (χ4n) is 7.99. The molecular formula is C48H29NOS. The lowest BCUT2D eigenvalue weighted by molar-refractivity contribution is 0.669. The van der Waals surface area contributed by atoms with Crippen molar-refractivity contribution in [3.63, 3.8) is 0 Å². The lowest BCUT2D eigenvalue weighted by Crippen LogP contribution is -2.10. The van der Waals surface area contributed by atoms with Gasteiger partial charge < -0.3 is 9.32 Å². The summed E-state index contributed by atoms with van der Waals surface area (Å²) >= 11 is 1.86. The molecule has 2 heterocycles. The van der Waals surface area contributed by atoms with E-state index >= 15 is 0 Å². The van der Waals surface area contributed by atoms with Crippen molar-refractivity contribution in [3.05, 3.63) is 176 Å². The molecular weight excluding hydrogens is 639 g/mol. The molecule has 0 fully saturated rings. The van der Waals surface area contributed by atoms with Gasteiger partial charge in [0.2, 0.25) is 0 Å². The number of furan rings is 1. The zero-order chi connectivity index (χ0) is 33.5. The van der Waals surface area contributed by atoms with Crippen molar-refractivity contribution in [3.8, 4) is 11.1 Å². The number of hydrogen-bond acceptors (Lipinski definition) is 3. The van der Waals surface area contributed by atoms with Crippen molar-refractivity contribution in [1.82, 2.24) is 0 Å². The first-order chi connectivity index (χ1) is 25.3. The molecule has 238 valence electrons. The molecule has 2 nitrogen and oxygen atoms in total. The molecule has 0 radical (unpaired) electrons. The Balaban J connectivity index is 1.15. The second-order valence-electron chi connectivity index (χ2n) is 13.3. The van der Waals surface area contributed by atoms with Crippen molar-refractivity contribution in [2.24, 2.45) is 0 Å². The predicted octanol–water partition coefficient (Wildman–Crippen LogP) is 14.6. The summed E-state index contributed by atoms with van der Waals surface area (Å²) in [4.78, 5) is 2.37. The van der Waals surface area contributed by atoms with Gasteiger partial charge in [-0.05, 0) is 98.0 Å². The van der Waals surface area contributed by atoms with Gasteiger partial charge in [0.05, 0.1) is 5.69 Å². The Morgan fingerprint density at radius 2 is 1.02 bits per heavy atom. The first-order valence-electron chi connectivity index (χ1n) is 17.3. The number of hydrogen-bond donors (Lipinski definition) is 0. The summed E-state index contributed by atoms with van der Waals surface area (Å²) in [5.41, 5.74) is 7.33. The van der Waals surface area contributed by atoms with E-state index in [9.17, 15) is 0 Å². The first kappa shape index (κ1) is 28.4. The number of thiophene rings is 1. The van der Waals surface area contributed by atoms with Gasteiger partial charge in [-0.15, -0.1) is 11.3 Å². The molecule has 0 saturated carbocycles. The van der Waals surface area contributed by atoms with E-state index in [1.165, 1.54) is 63.6 Å². The van der Waals surface area contributed by atoms with Crippen molar-refractivity contribution in [2.75, 3.05) is 4.90 Å². The third-order valence-electron chi connectivity index (χ3n) is 10.4. The van der Waals surface area contributed by atoms with Crippen LogP contribution in [0.1, 0.15) is 0 Å². The second-order valence-corrected chi connectivity index (χ2v) is 14.4. The highest BCUT2D eigenvalue weighted by Gasteiger charge is 2.22. The third kappa shape index (κ3) is 4.42. The molecule has 0 aliphatic carbocycles. The van der Waals surface area contributed by atoms with Gasteiger partial charge in [0.1, 0.15) is 5.58 Å². The number of para-hydroxylation sites is 1. The van der Waals surface area contributed by atoms with Crippen LogP contribution in [0.25, 0.3) is 85.6 Å². The number of fused-ring (bicyclic) bond motifs is 11. The number of nitrogens with zero attached hydrogens (tertiary/aromatic N) is 1. The van der Waals surface area contributed by atoms with Crippen molar-refractivity contribution >= 4 is 103 Å². The Bertz CT molecular complexity index is 3150. The molecule has 0 atom stereocenters. The minimum absolute atomic E-state index is 0.881. The molecule has 0 spiro atoms. The molecule has 11 aromatic rings. The summed E-state index contributed by atoms with van der Waals surface area (Å²) in [6.45, 7) is 0. The molecule has 0 bridgehead atoms. The summed E-state index contributed by atoms with van der Waals surface area (Å²) in [5.74, 6) is 0. The maximum atomic E-state index is 6.79. The number of benzene rings is 9. The van der Waals surface area contributed by atoms with Crippen molar-refractivity contribution < 1.29 is 4.42 Å². The highest BCUT2D eigenvalue weighted by molar-refractivity contribution is 7.25. The average Bonchev–Trinajstić information content (AvgIpc) is 3.77.